The number of halogens is 1. The average Bonchev–Trinajstić information content (AvgIpc) is 3.10. The second kappa shape index (κ2) is 8.37. The Hall–Kier alpha value is -2.32. The van der Waals surface area contributed by atoms with E-state index in [1.807, 2.05) is 0 Å². The van der Waals surface area contributed by atoms with Gasteiger partial charge in [-0.1, -0.05) is 18.2 Å². The number of thiazole rings is 1. The van der Waals surface area contributed by atoms with Gasteiger partial charge in [0, 0.05) is 24.3 Å². The van der Waals surface area contributed by atoms with Crippen molar-refractivity contribution in [2.45, 2.75) is 25.3 Å². The Morgan fingerprint density at radius 2 is 2.23 bits per heavy atom. The first-order valence-electron chi connectivity index (χ1n) is 8.34. The van der Waals surface area contributed by atoms with E-state index in [1.54, 1.807) is 23.6 Å². The summed E-state index contributed by atoms with van der Waals surface area (Å²) in [6.07, 6.45) is 1.74. The highest BCUT2D eigenvalue weighted by molar-refractivity contribution is 7.09. The highest BCUT2D eigenvalue weighted by atomic mass is 32.1. The summed E-state index contributed by atoms with van der Waals surface area (Å²) in [5.41, 5.74) is 0.640. The maximum absolute atomic E-state index is 13.7. The van der Waals surface area contributed by atoms with E-state index in [4.69, 9.17) is 4.74 Å². The van der Waals surface area contributed by atoms with Crippen molar-refractivity contribution < 1.29 is 23.8 Å². The standard InChI is InChI=1S/C18H19FN2O4S/c19-13-6-2-1-4-11(13)8-15-20-14(10-26-15)17(22)21-16(18(23)24)12-5-3-7-25-9-12/h1-2,4,6,10,12,16H,3,5,7-9H2,(H,21,22)(H,23,24). The number of hydrogen-bond acceptors (Lipinski definition) is 5. The number of nitrogens with zero attached hydrogens (tertiary/aromatic N) is 1. The van der Waals surface area contributed by atoms with Crippen LogP contribution in [0, 0.1) is 11.7 Å². The minimum absolute atomic E-state index is 0.143. The van der Waals surface area contributed by atoms with Crippen LogP contribution in [0.2, 0.25) is 0 Å². The Morgan fingerprint density at radius 1 is 1.42 bits per heavy atom. The fraction of sp³-hybridized carbons (Fsp3) is 0.389. The van der Waals surface area contributed by atoms with Gasteiger partial charge in [-0.05, 0) is 24.5 Å². The number of rotatable bonds is 6. The highest BCUT2D eigenvalue weighted by Gasteiger charge is 2.32. The number of carboxylic acids is 1. The van der Waals surface area contributed by atoms with Gasteiger partial charge in [0.05, 0.1) is 11.6 Å². The molecule has 1 aliphatic heterocycles. The molecule has 1 aromatic carbocycles. The molecule has 138 valence electrons. The maximum Gasteiger partial charge on any atom is 0.326 e. The lowest BCUT2D eigenvalue weighted by molar-refractivity contribution is -0.142. The van der Waals surface area contributed by atoms with Crippen molar-refractivity contribution in [1.82, 2.24) is 10.3 Å². The van der Waals surface area contributed by atoms with E-state index < -0.39 is 17.9 Å². The van der Waals surface area contributed by atoms with Gasteiger partial charge in [0.1, 0.15) is 17.6 Å². The molecule has 1 aromatic heterocycles. The lowest BCUT2D eigenvalue weighted by Gasteiger charge is -2.27. The van der Waals surface area contributed by atoms with Crippen LogP contribution in [0.3, 0.4) is 0 Å². The van der Waals surface area contributed by atoms with Gasteiger partial charge in [-0.3, -0.25) is 4.79 Å². The van der Waals surface area contributed by atoms with Crippen LogP contribution in [0.25, 0.3) is 0 Å². The van der Waals surface area contributed by atoms with Gasteiger partial charge in [0.15, 0.2) is 0 Å². The Kier molecular flexibility index (Phi) is 5.95. The first-order chi connectivity index (χ1) is 12.5. The second-order valence-electron chi connectivity index (χ2n) is 6.16. The summed E-state index contributed by atoms with van der Waals surface area (Å²) in [6, 6.07) is 5.38. The zero-order valence-corrected chi connectivity index (χ0v) is 14.8. The summed E-state index contributed by atoms with van der Waals surface area (Å²) in [5.74, 6) is -2.21. The predicted molar refractivity (Wildman–Crippen MR) is 93.8 cm³/mol. The predicted octanol–water partition coefficient (Wildman–Crippen LogP) is 2.48. The molecule has 2 unspecified atom stereocenters. The third-order valence-electron chi connectivity index (χ3n) is 4.30. The number of aliphatic carboxylic acids is 1. The third kappa shape index (κ3) is 4.44. The molecule has 26 heavy (non-hydrogen) atoms. The topological polar surface area (TPSA) is 88.5 Å². The van der Waals surface area contributed by atoms with Crippen LogP contribution >= 0.6 is 11.3 Å². The summed E-state index contributed by atoms with van der Waals surface area (Å²) in [7, 11) is 0. The number of carbonyl (C=O) groups is 2. The van der Waals surface area contributed by atoms with Crippen molar-refractivity contribution in [3.05, 3.63) is 51.7 Å². The number of amides is 1. The van der Waals surface area contributed by atoms with Crippen LogP contribution in [0.15, 0.2) is 29.6 Å². The van der Waals surface area contributed by atoms with Crippen LogP contribution in [0.1, 0.15) is 33.9 Å². The monoisotopic (exact) mass is 378 g/mol. The molecule has 2 N–H and O–H groups in total. The van der Waals surface area contributed by atoms with Gasteiger partial charge in [-0.15, -0.1) is 11.3 Å². The molecule has 0 spiro atoms. The summed E-state index contributed by atoms with van der Waals surface area (Å²) in [5, 5.41) is 14.1. The van der Waals surface area contributed by atoms with Crippen molar-refractivity contribution in [2.24, 2.45) is 5.92 Å². The molecule has 2 aromatic rings. The van der Waals surface area contributed by atoms with E-state index in [0.29, 0.717) is 30.2 Å². The van der Waals surface area contributed by atoms with Crippen LogP contribution < -0.4 is 5.32 Å². The van der Waals surface area contributed by atoms with Crippen molar-refractivity contribution in [1.29, 1.82) is 0 Å². The number of hydrogen-bond donors (Lipinski definition) is 2. The molecule has 1 amide bonds. The Balaban J connectivity index is 1.67. The van der Waals surface area contributed by atoms with E-state index in [1.165, 1.54) is 17.4 Å². The SMILES string of the molecule is O=C(NC(C(=O)O)C1CCCOC1)c1csc(Cc2ccccc2F)n1. The van der Waals surface area contributed by atoms with Crippen LogP contribution in [-0.4, -0.2) is 41.2 Å². The zero-order valence-electron chi connectivity index (χ0n) is 14.0. The highest BCUT2D eigenvalue weighted by Crippen LogP contribution is 2.20. The first-order valence-corrected chi connectivity index (χ1v) is 9.22. The lowest BCUT2D eigenvalue weighted by Crippen LogP contribution is -2.48. The molecular formula is C18H19FN2O4S. The summed E-state index contributed by atoms with van der Waals surface area (Å²) in [6.45, 7) is 0.926. The average molecular weight is 378 g/mol. The van der Waals surface area contributed by atoms with Crippen molar-refractivity contribution >= 4 is 23.2 Å². The van der Waals surface area contributed by atoms with E-state index in [-0.39, 0.29) is 23.8 Å². The molecular weight excluding hydrogens is 359 g/mol. The van der Waals surface area contributed by atoms with Gasteiger partial charge in [0.25, 0.3) is 5.91 Å². The van der Waals surface area contributed by atoms with Crippen molar-refractivity contribution in [3.8, 4) is 0 Å². The van der Waals surface area contributed by atoms with Crippen LogP contribution in [-0.2, 0) is 16.0 Å². The number of carboxylic acid groups (broad SMARTS) is 1. The number of ether oxygens (including phenoxy) is 1. The zero-order chi connectivity index (χ0) is 18.5. The van der Waals surface area contributed by atoms with Gasteiger partial charge in [-0.25, -0.2) is 14.2 Å². The van der Waals surface area contributed by atoms with Gasteiger partial charge >= 0.3 is 5.97 Å². The fourth-order valence-corrected chi connectivity index (χ4v) is 3.72. The van der Waals surface area contributed by atoms with Crippen LogP contribution in [0.5, 0.6) is 0 Å². The molecule has 0 aliphatic carbocycles. The summed E-state index contributed by atoms with van der Waals surface area (Å²) >= 11 is 1.24. The number of carbonyl (C=O) groups excluding carboxylic acids is 1. The van der Waals surface area contributed by atoms with E-state index >= 15 is 0 Å². The first kappa shape index (κ1) is 18.5. The Bertz CT molecular complexity index is 789. The molecule has 1 aliphatic rings. The van der Waals surface area contributed by atoms with Gasteiger partial charge in [-0.2, -0.15) is 0 Å². The maximum atomic E-state index is 13.7. The van der Waals surface area contributed by atoms with Gasteiger partial charge < -0.3 is 15.2 Å². The quantitative estimate of drug-likeness (QED) is 0.806. The molecule has 0 radical (unpaired) electrons. The fourth-order valence-electron chi connectivity index (χ4n) is 2.93. The van der Waals surface area contributed by atoms with Crippen molar-refractivity contribution in [2.75, 3.05) is 13.2 Å². The third-order valence-corrected chi connectivity index (χ3v) is 5.15. The second-order valence-corrected chi connectivity index (χ2v) is 7.10. The molecule has 3 rings (SSSR count). The lowest BCUT2D eigenvalue weighted by atomic mass is 9.93. The number of benzene rings is 1. The number of nitrogens with one attached hydrogen (secondary N) is 1. The Labute approximate surface area is 154 Å². The molecule has 6 nitrogen and oxygen atoms in total. The number of aromatic nitrogens is 1. The molecule has 1 fully saturated rings. The smallest absolute Gasteiger partial charge is 0.326 e. The minimum atomic E-state index is -1.09. The van der Waals surface area contributed by atoms with Gasteiger partial charge in [0.2, 0.25) is 0 Å². The molecule has 2 atom stereocenters. The molecule has 8 heteroatoms. The largest absolute Gasteiger partial charge is 0.480 e. The van der Waals surface area contributed by atoms with E-state index in [0.717, 1.165) is 6.42 Å². The summed E-state index contributed by atoms with van der Waals surface area (Å²) < 4.78 is 19.0. The molecule has 0 saturated carbocycles. The van der Waals surface area contributed by atoms with Crippen LogP contribution in [0.4, 0.5) is 4.39 Å². The molecule has 0 bridgehead atoms. The Morgan fingerprint density at radius 3 is 2.92 bits per heavy atom. The minimum Gasteiger partial charge on any atom is -0.480 e. The van der Waals surface area contributed by atoms with E-state index in [2.05, 4.69) is 10.3 Å². The molecule has 1 saturated heterocycles. The van der Waals surface area contributed by atoms with Crippen molar-refractivity contribution in [3.63, 3.8) is 0 Å². The normalized spacial score (nSPS) is 18.3. The molecule has 2 heterocycles. The van der Waals surface area contributed by atoms with E-state index in [9.17, 15) is 19.1 Å². The summed E-state index contributed by atoms with van der Waals surface area (Å²) in [4.78, 5) is 28.1.